The van der Waals surface area contributed by atoms with Gasteiger partial charge in [-0.3, -0.25) is 4.98 Å². The summed E-state index contributed by atoms with van der Waals surface area (Å²) < 4.78 is 26.8. The van der Waals surface area contributed by atoms with Crippen LogP contribution in [0.25, 0.3) is 0 Å². The summed E-state index contributed by atoms with van der Waals surface area (Å²) in [6, 6.07) is 1.70. The average Bonchev–Trinajstić information content (AvgIpc) is 3.19. The van der Waals surface area contributed by atoms with E-state index in [2.05, 4.69) is 4.98 Å². The first-order valence-electron chi connectivity index (χ1n) is 6.20. The van der Waals surface area contributed by atoms with Gasteiger partial charge < -0.3 is 0 Å². The van der Waals surface area contributed by atoms with Crippen molar-refractivity contribution in [3.63, 3.8) is 0 Å². The van der Waals surface area contributed by atoms with Gasteiger partial charge in [0.25, 0.3) is 0 Å². The van der Waals surface area contributed by atoms with E-state index in [1.165, 1.54) is 18.5 Å². The zero-order valence-corrected chi connectivity index (χ0v) is 11.5. The second-order valence-corrected chi connectivity index (χ2v) is 7.32. The number of aromatic nitrogens is 1. The molecule has 0 spiro atoms. The third-order valence-electron chi connectivity index (χ3n) is 3.41. The van der Waals surface area contributed by atoms with Crippen LogP contribution in [0, 0.1) is 5.92 Å². The van der Waals surface area contributed by atoms with Crippen molar-refractivity contribution >= 4 is 21.6 Å². The number of halogens is 1. The van der Waals surface area contributed by atoms with E-state index in [1.807, 2.05) is 0 Å². The minimum Gasteiger partial charge on any atom is -0.263 e. The molecule has 6 heteroatoms. The summed E-state index contributed by atoms with van der Waals surface area (Å²) >= 11 is 5.98. The third kappa shape index (κ3) is 2.39. The Morgan fingerprint density at radius 1 is 1.33 bits per heavy atom. The lowest BCUT2D eigenvalue weighted by atomic mass is 10.4. The Morgan fingerprint density at radius 3 is 2.61 bits per heavy atom. The molecule has 4 nitrogen and oxygen atoms in total. The van der Waals surface area contributed by atoms with Crippen LogP contribution >= 0.6 is 11.6 Å². The smallest absolute Gasteiger partial charge is 0.246 e. The van der Waals surface area contributed by atoms with E-state index in [9.17, 15) is 8.42 Å². The van der Waals surface area contributed by atoms with Crippen molar-refractivity contribution in [1.82, 2.24) is 9.29 Å². The number of hydrogen-bond donors (Lipinski definition) is 0. The zero-order valence-electron chi connectivity index (χ0n) is 9.92. The Kier molecular flexibility index (Phi) is 3.08. The van der Waals surface area contributed by atoms with Gasteiger partial charge in [-0.1, -0.05) is 11.6 Å². The highest BCUT2D eigenvalue weighted by molar-refractivity contribution is 7.89. The lowest BCUT2D eigenvalue weighted by molar-refractivity contribution is 0.388. The van der Waals surface area contributed by atoms with E-state index in [0.29, 0.717) is 12.5 Å². The molecule has 2 saturated carbocycles. The van der Waals surface area contributed by atoms with Crippen molar-refractivity contribution in [3.8, 4) is 0 Å². The highest BCUT2D eigenvalue weighted by Crippen LogP contribution is 2.38. The van der Waals surface area contributed by atoms with Crippen molar-refractivity contribution in [1.29, 1.82) is 0 Å². The summed E-state index contributed by atoms with van der Waals surface area (Å²) in [5.41, 5.74) is 0. The molecule has 0 amide bonds. The topological polar surface area (TPSA) is 50.3 Å². The summed E-state index contributed by atoms with van der Waals surface area (Å²) in [7, 11) is -3.48. The van der Waals surface area contributed by atoms with Crippen LogP contribution in [-0.4, -0.2) is 30.3 Å². The molecule has 0 unspecified atom stereocenters. The summed E-state index contributed by atoms with van der Waals surface area (Å²) in [6.07, 6.45) is 7.05. The lowest BCUT2D eigenvalue weighted by Gasteiger charge is -2.22. The molecule has 0 radical (unpaired) electrons. The number of pyridine rings is 1. The van der Waals surface area contributed by atoms with Gasteiger partial charge in [0.05, 0.1) is 5.02 Å². The molecule has 0 aliphatic heterocycles. The van der Waals surface area contributed by atoms with E-state index < -0.39 is 10.0 Å². The van der Waals surface area contributed by atoms with Crippen LogP contribution in [0.5, 0.6) is 0 Å². The number of nitrogens with zero attached hydrogens (tertiary/aromatic N) is 2. The van der Waals surface area contributed by atoms with E-state index in [0.717, 1.165) is 25.7 Å². The Morgan fingerprint density at radius 2 is 2.06 bits per heavy atom. The van der Waals surface area contributed by atoms with Crippen molar-refractivity contribution < 1.29 is 8.42 Å². The fraction of sp³-hybridized carbons (Fsp3) is 0.583. The summed E-state index contributed by atoms with van der Waals surface area (Å²) in [5.74, 6) is 0.538. The predicted molar refractivity (Wildman–Crippen MR) is 68.9 cm³/mol. The summed E-state index contributed by atoms with van der Waals surface area (Å²) in [6.45, 7) is 0.637. The second-order valence-electron chi connectivity index (χ2n) is 5.06. The molecule has 1 heterocycles. The van der Waals surface area contributed by atoms with Gasteiger partial charge in [0.15, 0.2) is 0 Å². The zero-order chi connectivity index (χ0) is 12.8. The monoisotopic (exact) mass is 286 g/mol. The van der Waals surface area contributed by atoms with Crippen molar-refractivity contribution in [2.45, 2.75) is 36.6 Å². The standard InChI is InChI=1S/C12H15ClN2O2S/c13-11-5-6-14-7-12(11)18(16,17)15(10-3-4-10)8-9-1-2-9/h5-7,9-10H,1-4,8H2. The maximum absolute atomic E-state index is 12.6. The van der Waals surface area contributed by atoms with Crippen LogP contribution in [-0.2, 0) is 10.0 Å². The van der Waals surface area contributed by atoms with E-state index in [-0.39, 0.29) is 16.0 Å². The second kappa shape index (κ2) is 4.47. The summed E-state index contributed by atoms with van der Waals surface area (Å²) in [5, 5.41) is 0.256. The van der Waals surface area contributed by atoms with Crippen LogP contribution in [0.1, 0.15) is 25.7 Å². The van der Waals surface area contributed by atoms with Gasteiger partial charge in [-0.15, -0.1) is 0 Å². The third-order valence-corrected chi connectivity index (χ3v) is 5.80. The maximum atomic E-state index is 12.6. The van der Waals surface area contributed by atoms with Crippen LogP contribution in [0.3, 0.4) is 0 Å². The first-order chi connectivity index (χ1) is 8.59. The van der Waals surface area contributed by atoms with Crippen molar-refractivity contribution in [3.05, 3.63) is 23.5 Å². The van der Waals surface area contributed by atoms with E-state index in [1.54, 1.807) is 4.31 Å². The van der Waals surface area contributed by atoms with Crippen molar-refractivity contribution in [2.24, 2.45) is 5.92 Å². The van der Waals surface area contributed by atoms with Crippen LogP contribution < -0.4 is 0 Å². The predicted octanol–water partition coefficient (Wildman–Crippen LogP) is 2.30. The average molecular weight is 287 g/mol. The summed E-state index contributed by atoms with van der Waals surface area (Å²) in [4.78, 5) is 4.02. The molecule has 1 aromatic rings. The molecule has 0 saturated heterocycles. The fourth-order valence-electron chi connectivity index (χ4n) is 2.04. The molecule has 0 aromatic carbocycles. The molecule has 0 atom stereocenters. The fourth-order valence-corrected chi connectivity index (χ4v) is 4.21. The quantitative estimate of drug-likeness (QED) is 0.834. The minimum absolute atomic E-state index is 0.138. The van der Waals surface area contributed by atoms with Crippen molar-refractivity contribution in [2.75, 3.05) is 6.54 Å². The Labute approximate surface area is 112 Å². The first kappa shape index (κ1) is 12.4. The van der Waals surface area contributed by atoms with Gasteiger partial charge in [-0.25, -0.2) is 8.42 Å². The lowest BCUT2D eigenvalue weighted by Crippen LogP contribution is -2.35. The normalized spacial score (nSPS) is 20.3. The Bertz CT molecular complexity index is 553. The minimum atomic E-state index is -3.48. The van der Waals surface area contributed by atoms with Gasteiger partial charge in [0.2, 0.25) is 10.0 Å². The SMILES string of the molecule is O=S(=O)(c1cnccc1Cl)N(CC1CC1)C1CC1. The Balaban J connectivity index is 1.93. The van der Waals surface area contributed by atoms with Gasteiger partial charge in [0, 0.05) is 25.0 Å². The van der Waals surface area contributed by atoms with Crippen LogP contribution in [0.15, 0.2) is 23.4 Å². The van der Waals surface area contributed by atoms with Crippen LogP contribution in [0.4, 0.5) is 0 Å². The van der Waals surface area contributed by atoms with E-state index >= 15 is 0 Å². The highest BCUT2D eigenvalue weighted by atomic mass is 35.5. The molecule has 1 aromatic heterocycles. The maximum Gasteiger partial charge on any atom is 0.246 e. The van der Waals surface area contributed by atoms with Crippen LogP contribution in [0.2, 0.25) is 5.02 Å². The molecule has 98 valence electrons. The Hall–Kier alpha value is -0.650. The molecule has 2 aliphatic carbocycles. The molecule has 2 aliphatic rings. The number of sulfonamides is 1. The molecular weight excluding hydrogens is 272 g/mol. The van der Waals surface area contributed by atoms with Gasteiger partial charge in [-0.2, -0.15) is 4.31 Å². The molecule has 0 N–H and O–H groups in total. The van der Waals surface area contributed by atoms with Gasteiger partial charge in [0.1, 0.15) is 4.90 Å². The molecule has 0 bridgehead atoms. The van der Waals surface area contributed by atoms with Gasteiger partial charge >= 0.3 is 0 Å². The number of hydrogen-bond acceptors (Lipinski definition) is 3. The molecular formula is C12H15ClN2O2S. The number of rotatable bonds is 5. The highest BCUT2D eigenvalue weighted by Gasteiger charge is 2.41. The molecule has 18 heavy (non-hydrogen) atoms. The molecule has 2 fully saturated rings. The first-order valence-corrected chi connectivity index (χ1v) is 8.02. The van der Waals surface area contributed by atoms with Gasteiger partial charge in [-0.05, 0) is 37.7 Å². The molecule has 3 rings (SSSR count). The van der Waals surface area contributed by atoms with E-state index in [4.69, 9.17) is 11.6 Å². The largest absolute Gasteiger partial charge is 0.263 e.